The summed E-state index contributed by atoms with van der Waals surface area (Å²) in [5.74, 6) is -1.08. The van der Waals surface area contributed by atoms with Crippen LogP contribution in [0.2, 0.25) is 0 Å². The van der Waals surface area contributed by atoms with Gasteiger partial charge in [0.2, 0.25) is 0 Å². The van der Waals surface area contributed by atoms with E-state index in [2.05, 4.69) is 10.3 Å². The van der Waals surface area contributed by atoms with Crippen molar-refractivity contribution in [3.05, 3.63) is 33.3 Å². The highest BCUT2D eigenvalue weighted by Crippen LogP contribution is 2.27. The Labute approximate surface area is 124 Å². The number of hydrogen-bond donors (Lipinski definition) is 1. The molecule has 2 aromatic heterocycles. The molecule has 0 radical (unpaired) electrons. The number of likely N-dealkylation sites (tertiary alicyclic amines) is 1. The molecule has 1 aliphatic heterocycles. The van der Waals surface area contributed by atoms with Crippen LogP contribution < -0.4 is 0 Å². The van der Waals surface area contributed by atoms with Crippen molar-refractivity contribution in [1.29, 1.82) is 0 Å². The predicted octanol–water partition coefficient (Wildman–Crippen LogP) is 1.35. The van der Waals surface area contributed by atoms with E-state index in [4.69, 9.17) is 5.11 Å². The minimum Gasteiger partial charge on any atom is -0.476 e. The van der Waals surface area contributed by atoms with Gasteiger partial charge in [-0.2, -0.15) is 0 Å². The van der Waals surface area contributed by atoms with Gasteiger partial charge in [0.1, 0.15) is 0 Å². The van der Waals surface area contributed by atoms with Crippen molar-refractivity contribution in [2.45, 2.75) is 19.9 Å². The number of carbonyl (C=O) groups excluding carboxylic acids is 1. The zero-order valence-electron chi connectivity index (χ0n) is 11.6. The van der Waals surface area contributed by atoms with Gasteiger partial charge in [0.05, 0.1) is 17.1 Å². The first kappa shape index (κ1) is 13.7. The minimum absolute atomic E-state index is 0.00305. The van der Waals surface area contributed by atoms with E-state index >= 15 is 0 Å². The van der Waals surface area contributed by atoms with Gasteiger partial charge in [0.15, 0.2) is 5.69 Å². The van der Waals surface area contributed by atoms with E-state index in [0.29, 0.717) is 13.1 Å². The molecule has 3 heterocycles. The van der Waals surface area contributed by atoms with Gasteiger partial charge >= 0.3 is 5.97 Å². The number of carboxylic acid groups (broad SMARTS) is 1. The van der Waals surface area contributed by atoms with Gasteiger partial charge in [-0.1, -0.05) is 5.21 Å². The molecular formula is C13H14N4O3S. The van der Waals surface area contributed by atoms with Crippen LogP contribution in [0.1, 0.15) is 36.6 Å². The van der Waals surface area contributed by atoms with E-state index in [1.54, 1.807) is 4.90 Å². The van der Waals surface area contributed by atoms with Crippen LogP contribution in [-0.2, 0) is 0 Å². The van der Waals surface area contributed by atoms with Crippen LogP contribution in [0.25, 0.3) is 0 Å². The minimum atomic E-state index is -1.10. The van der Waals surface area contributed by atoms with Gasteiger partial charge in [-0.25, -0.2) is 9.48 Å². The van der Waals surface area contributed by atoms with Crippen LogP contribution in [0.15, 0.2) is 12.3 Å². The van der Waals surface area contributed by atoms with Crippen molar-refractivity contribution in [2.24, 2.45) is 0 Å². The summed E-state index contributed by atoms with van der Waals surface area (Å²) < 4.78 is 1.51. The van der Waals surface area contributed by atoms with E-state index in [0.717, 1.165) is 15.3 Å². The van der Waals surface area contributed by atoms with Gasteiger partial charge in [-0.3, -0.25) is 4.79 Å². The van der Waals surface area contributed by atoms with Crippen molar-refractivity contribution in [3.63, 3.8) is 0 Å². The molecule has 0 atom stereocenters. The molecule has 110 valence electrons. The van der Waals surface area contributed by atoms with Crippen molar-refractivity contribution in [1.82, 2.24) is 19.9 Å². The summed E-state index contributed by atoms with van der Waals surface area (Å²) in [7, 11) is 0. The lowest BCUT2D eigenvalue weighted by Crippen LogP contribution is -2.50. The Bertz CT molecular complexity index is 695. The molecule has 1 aliphatic rings. The van der Waals surface area contributed by atoms with Gasteiger partial charge in [-0.05, 0) is 25.5 Å². The topological polar surface area (TPSA) is 88.3 Å². The quantitative estimate of drug-likeness (QED) is 0.924. The average Bonchev–Trinajstić information content (AvgIpc) is 2.96. The number of aromatic nitrogens is 3. The molecule has 0 unspecified atom stereocenters. The second-order valence-electron chi connectivity index (χ2n) is 5.10. The number of nitrogens with zero attached hydrogens (tertiary/aromatic N) is 4. The molecule has 0 spiro atoms. The molecule has 0 aromatic carbocycles. The van der Waals surface area contributed by atoms with E-state index in [9.17, 15) is 9.59 Å². The molecule has 0 saturated carbocycles. The molecule has 0 aliphatic carbocycles. The lowest BCUT2D eigenvalue weighted by molar-refractivity contribution is 0.0502. The predicted molar refractivity (Wildman–Crippen MR) is 75.7 cm³/mol. The Morgan fingerprint density at radius 2 is 2.10 bits per heavy atom. The first-order valence-electron chi connectivity index (χ1n) is 6.47. The Kier molecular flexibility index (Phi) is 3.25. The van der Waals surface area contributed by atoms with E-state index < -0.39 is 5.97 Å². The van der Waals surface area contributed by atoms with Gasteiger partial charge in [0, 0.05) is 18.0 Å². The standard InChI is InChI=1S/C13H14N4O3S/c1-7-3-11(21-8(7)2)12(18)16-4-9(5-16)17-6-10(13(19)20)14-15-17/h3,6,9H,4-5H2,1-2H3,(H,19,20). The maximum atomic E-state index is 12.3. The highest BCUT2D eigenvalue weighted by atomic mass is 32.1. The highest BCUT2D eigenvalue weighted by molar-refractivity contribution is 7.14. The highest BCUT2D eigenvalue weighted by Gasteiger charge is 2.34. The zero-order chi connectivity index (χ0) is 15.1. The molecule has 1 fully saturated rings. The third-order valence-electron chi connectivity index (χ3n) is 3.63. The molecule has 21 heavy (non-hydrogen) atoms. The fourth-order valence-corrected chi connectivity index (χ4v) is 3.18. The normalized spacial score (nSPS) is 15.0. The molecule has 3 rings (SSSR count). The number of hydrogen-bond acceptors (Lipinski definition) is 5. The van der Waals surface area contributed by atoms with Crippen LogP contribution in [-0.4, -0.2) is 50.0 Å². The summed E-state index contributed by atoms with van der Waals surface area (Å²) in [6, 6.07) is 1.91. The molecule has 1 saturated heterocycles. The third-order valence-corrected chi connectivity index (χ3v) is 4.77. The Hall–Kier alpha value is -2.22. The van der Waals surface area contributed by atoms with Crippen LogP contribution >= 0.6 is 11.3 Å². The summed E-state index contributed by atoms with van der Waals surface area (Å²) >= 11 is 1.50. The van der Waals surface area contributed by atoms with Crippen LogP contribution in [0, 0.1) is 13.8 Å². The molecule has 1 N–H and O–H groups in total. The van der Waals surface area contributed by atoms with Gasteiger partial charge < -0.3 is 10.0 Å². The molecule has 1 amide bonds. The molecular weight excluding hydrogens is 292 g/mol. The SMILES string of the molecule is Cc1cc(C(=O)N2CC(n3cc(C(=O)O)nn3)C2)sc1C. The van der Waals surface area contributed by atoms with Crippen LogP contribution in [0.4, 0.5) is 0 Å². The average molecular weight is 306 g/mol. The number of amides is 1. The number of rotatable bonds is 3. The number of aryl methyl sites for hydroxylation is 2. The van der Waals surface area contributed by atoms with E-state index in [1.807, 2.05) is 19.9 Å². The lowest BCUT2D eigenvalue weighted by atomic mass is 10.1. The van der Waals surface area contributed by atoms with Gasteiger partial charge in [-0.15, -0.1) is 16.4 Å². The fourth-order valence-electron chi connectivity index (χ4n) is 2.18. The fraction of sp³-hybridized carbons (Fsp3) is 0.385. The van der Waals surface area contributed by atoms with Crippen molar-refractivity contribution in [2.75, 3.05) is 13.1 Å². The van der Waals surface area contributed by atoms with Crippen molar-refractivity contribution in [3.8, 4) is 0 Å². The number of carboxylic acids is 1. The van der Waals surface area contributed by atoms with E-state index in [1.165, 1.54) is 22.2 Å². The summed E-state index contributed by atoms with van der Waals surface area (Å²) in [6.07, 6.45) is 1.40. The van der Waals surface area contributed by atoms with Gasteiger partial charge in [0.25, 0.3) is 5.91 Å². The first-order valence-corrected chi connectivity index (χ1v) is 7.29. The second kappa shape index (κ2) is 4.96. The molecule has 8 heteroatoms. The summed E-state index contributed by atoms with van der Waals surface area (Å²) in [5, 5.41) is 16.2. The van der Waals surface area contributed by atoms with Crippen molar-refractivity contribution < 1.29 is 14.7 Å². The number of thiophene rings is 1. The molecule has 7 nitrogen and oxygen atoms in total. The van der Waals surface area contributed by atoms with Crippen molar-refractivity contribution >= 4 is 23.2 Å². The summed E-state index contributed by atoms with van der Waals surface area (Å²) in [4.78, 5) is 26.7. The Balaban J connectivity index is 1.64. The lowest BCUT2D eigenvalue weighted by Gasteiger charge is -2.38. The monoisotopic (exact) mass is 306 g/mol. The summed E-state index contributed by atoms with van der Waals surface area (Å²) in [5.41, 5.74) is 1.05. The third kappa shape index (κ3) is 2.42. The molecule has 0 bridgehead atoms. The second-order valence-corrected chi connectivity index (χ2v) is 6.36. The smallest absolute Gasteiger partial charge is 0.358 e. The Morgan fingerprint density at radius 3 is 2.62 bits per heavy atom. The summed E-state index contributed by atoms with van der Waals surface area (Å²) in [6.45, 7) is 5.04. The first-order chi connectivity index (χ1) is 9.95. The van der Waals surface area contributed by atoms with Crippen LogP contribution in [0.3, 0.4) is 0 Å². The van der Waals surface area contributed by atoms with Crippen LogP contribution in [0.5, 0.6) is 0 Å². The largest absolute Gasteiger partial charge is 0.476 e. The van der Waals surface area contributed by atoms with E-state index in [-0.39, 0.29) is 17.6 Å². The number of carbonyl (C=O) groups is 2. The maximum absolute atomic E-state index is 12.3. The zero-order valence-corrected chi connectivity index (χ0v) is 12.4. The molecule has 2 aromatic rings. The maximum Gasteiger partial charge on any atom is 0.358 e. The Morgan fingerprint density at radius 1 is 1.38 bits per heavy atom. The number of aromatic carboxylic acids is 1.